The zero-order valence-electron chi connectivity index (χ0n) is 21.0. The summed E-state index contributed by atoms with van der Waals surface area (Å²) in [7, 11) is 0. The minimum absolute atomic E-state index is 0.00967. The molecule has 2 aliphatic rings. The summed E-state index contributed by atoms with van der Waals surface area (Å²) in [4.78, 5) is 0. The molecule has 34 heavy (non-hydrogen) atoms. The number of hydrogen-bond acceptors (Lipinski definition) is 4. The van der Waals surface area contributed by atoms with Gasteiger partial charge in [-0.1, -0.05) is 46.5 Å². The first-order valence-corrected chi connectivity index (χ1v) is 11.4. The topological polar surface area (TPSA) is 98.4 Å². The van der Waals surface area contributed by atoms with Crippen molar-refractivity contribution in [2.45, 2.75) is 77.5 Å². The van der Waals surface area contributed by atoms with Crippen LogP contribution in [-0.2, 0) is 10.4 Å². The van der Waals surface area contributed by atoms with Crippen molar-refractivity contribution >= 4 is 11.7 Å². The highest BCUT2D eigenvalue weighted by Crippen LogP contribution is 2.42. The molecule has 2 aromatic carbocycles. The van der Waals surface area contributed by atoms with Crippen molar-refractivity contribution in [2.24, 2.45) is 0 Å². The van der Waals surface area contributed by atoms with Crippen LogP contribution in [0, 0.1) is 10.4 Å². The molecule has 2 aromatic rings. The van der Waals surface area contributed by atoms with Gasteiger partial charge in [-0.25, -0.2) is 0 Å². The zero-order chi connectivity index (χ0) is 25.4. The second-order valence-corrected chi connectivity index (χ2v) is 11.2. The van der Waals surface area contributed by atoms with Gasteiger partial charge in [-0.15, -0.1) is 0 Å². The monoisotopic (exact) mass is 464 g/mol. The Bertz CT molecular complexity index is 1130. The fraction of sp³-hybridized carbons (Fsp3) is 0.462. The number of rotatable bonds is 3. The third kappa shape index (κ3) is 2.85. The van der Waals surface area contributed by atoms with Crippen LogP contribution in [0.15, 0.2) is 48.5 Å². The van der Waals surface area contributed by atoms with Gasteiger partial charge in [-0.05, 0) is 78.6 Å². The van der Waals surface area contributed by atoms with Crippen LogP contribution in [0.1, 0.15) is 66.5 Å². The standard InChI is InChI=1S/C26H32N4O4/c1-23(2)24(3,4)28(32)21(27(23)31)19-15-11-9-13-17(19)18-14-10-12-16-20(18)22-29(33)25(5,6)26(7,8)30(22)34/h9-16H,1-8H3. The lowest BCUT2D eigenvalue weighted by molar-refractivity contribution is -0.539. The Morgan fingerprint density at radius 2 is 0.824 bits per heavy atom. The van der Waals surface area contributed by atoms with Crippen molar-refractivity contribution in [3.05, 3.63) is 70.1 Å². The maximum Gasteiger partial charge on any atom is 0.317 e. The van der Waals surface area contributed by atoms with Crippen molar-refractivity contribution in [2.75, 3.05) is 0 Å². The molecule has 2 aliphatic heterocycles. The number of hydroxylamine groups is 6. The Hall–Kier alpha value is -3.10. The molecule has 0 fully saturated rings. The molecule has 0 saturated carbocycles. The fourth-order valence-electron chi connectivity index (χ4n) is 4.48. The molecule has 0 unspecified atom stereocenters. The molecule has 2 heterocycles. The molecule has 0 spiro atoms. The Morgan fingerprint density at radius 1 is 0.559 bits per heavy atom. The quantitative estimate of drug-likeness (QED) is 0.499. The third-order valence-electron chi connectivity index (χ3n) is 8.42. The first-order valence-electron chi connectivity index (χ1n) is 11.4. The van der Waals surface area contributed by atoms with Gasteiger partial charge in [-0.2, -0.15) is 0 Å². The van der Waals surface area contributed by atoms with Gasteiger partial charge in [0, 0.05) is 10.4 Å². The average molecular weight is 465 g/mol. The van der Waals surface area contributed by atoms with E-state index >= 15 is 0 Å². The van der Waals surface area contributed by atoms with Crippen molar-refractivity contribution in [1.29, 1.82) is 0 Å². The van der Waals surface area contributed by atoms with E-state index in [4.69, 9.17) is 0 Å². The predicted octanol–water partition coefficient (Wildman–Crippen LogP) is 4.30. The van der Waals surface area contributed by atoms with Crippen LogP contribution in [0.3, 0.4) is 0 Å². The molecule has 8 heteroatoms. The molecule has 0 saturated heterocycles. The van der Waals surface area contributed by atoms with Crippen LogP contribution in [0.2, 0.25) is 0 Å². The summed E-state index contributed by atoms with van der Waals surface area (Å²) >= 11 is 0. The molecule has 4 rings (SSSR count). The summed E-state index contributed by atoms with van der Waals surface area (Å²) in [5.41, 5.74) is -1.78. The summed E-state index contributed by atoms with van der Waals surface area (Å²) in [5, 5.41) is 55.0. The molecule has 0 amide bonds. The minimum atomic E-state index is -0.970. The molecule has 2 radical (unpaired) electrons. The lowest BCUT2D eigenvalue weighted by Gasteiger charge is -2.32. The Labute approximate surface area is 200 Å². The number of nitrogens with zero attached hydrogens (tertiary/aromatic N) is 4. The fourth-order valence-corrected chi connectivity index (χ4v) is 4.48. The second-order valence-electron chi connectivity index (χ2n) is 11.2. The van der Waals surface area contributed by atoms with Crippen molar-refractivity contribution in [1.82, 2.24) is 10.1 Å². The summed E-state index contributed by atoms with van der Waals surface area (Å²) in [6.45, 7) is 14.0. The molecular weight excluding hydrogens is 432 g/mol. The minimum Gasteiger partial charge on any atom is -0.714 e. The van der Waals surface area contributed by atoms with E-state index in [9.17, 15) is 20.8 Å². The molecule has 0 aliphatic carbocycles. The summed E-state index contributed by atoms with van der Waals surface area (Å²) in [6, 6.07) is 14.2. The van der Waals surface area contributed by atoms with Crippen LogP contribution < -0.4 is 0 Å². The molecule has 0 atom stereocenters. The van der Waals surface area contributed by atoms with Gasteiger partial charge < -0.3 is 10.4 Å². The summed E-state index contributed by atoms with van der Waals surface area (Å²) in [6.07, 6.45) is 0. The predicted molar refractivity (Wildman–Crippen MR) is 129 cm³/mol. The Balaban J connectivity index is 1.98. The van der Waals surface area contributed by atoms with Crippen LogP contribution in [0.4, 0.5) is 0 Å². The Morgan fingerprint density at radius 3 is 1.06 bits per heavy atom. The van der Waals surface area contributed by atoms with Crippen LogP contribution in [-0.4, -0.2) is 53.4 Å². The van der Waals surface area contributed by atoms with Gasteiger partial charge in [0.1, 0.15) is 11.1 Å². The lowest BCUT2D eigenvalue weighted by Crippen LogP contribution is -2.53. The normalized spacial score (nSPS) is 22.6. The van der Waals surface area contributed by atoms with Crippen LogP contribution in [0.25, 0.3) is 11.1 Å². The molecular formula is C26H32N4O4. The molecule has 0 aromatic heterocycles. The molecule has 0 bridgehead atoms. The average Bonchev–Trinajstić information content (AvgIpc) is 2.98. The smallest absolute Gasteiger partial charge is 0.317 e. The molecule has 0 N–H and O–H groups in total. The van der Waals surface area contributed by atoms with Gasteiger partial charge in [0.05, 0.1) is 11.1 Å². The van der Waals surface area contributed by atoms with Crippen LogP contribution in [0.5, 0.6) is 0 Å². The molecule has 180 valence electrons. The number of hydrogen-bond donors (Lipinski definition) is 0. The van der Waals surface area contributed by atoms with E-state index in [-0.39, 0.29) is 11.7 Å². The van der Waals surface area contributed by atoms with Crippen LogP contribution >= 0.6 is 0 Å². The van der Waals surface area contributed by atoms with Gasteiger partial charge >= 0.3 is 11.7 Å². The van der Waals surface area contributed by atoms with E-state index in [1.165, 1.54) is 0 Å². The van der Waals surface area contributed by atoms with Gasteiger partial charge in [0.25, 0.3) is 0 Å². The van der Waals surface area contributed by atoms with Crippen molar-refractivity contribution in [3.8, 4) is 11.1 Å². The van der Waals surface area contributed by atoms with E-state index in [0.29, 0.717) is 22.3 Å². The second kappa shape index (κ2) is 7.20. The SMILES string of the molecule is CC1(C)N([O])C(c2ccccc2-c2ccccc2C2=[N+]([O-])C(C)(C)C(C)(C)N2[O])=[N+]([O-])C1(C)C. The zero-order valence-corrected chi connectivity index (χ0v) is 21.0. The first-order chi connectivity index (χ1) is 15.6. The lowest BCUT2D eigenvalue weighted by atomic mass is 9.84. The number of amidine groups is 2. The maximum absolute atomic E-state index is 13.4. The number of benzene rings is 2. The summed E-state index contributed by atoms with van der Waals surface area (Å²) < 4.78 is 1.55. The van der Waals surface area contributed by atoms with E-state index in [1.54, 1.807) is 91.8 Å². The highest BCUT2D eigenvalue weighted by Gasteiger charge is 2.61. The first kappa shape index (κ1) is 24.0. The van der Waals surface area contributed by atoms with E-state index in [0.717, 1.165) is 19.6 Å². The highest BCUT2D eigenvalue weighted by molar-refractivity contribution is 6.07. The van der Waals surface area contributed by atoms with Gasteiger partial charge in [-0.3, -0.25) is 9.48 Å². The van der Waals surface area contributed by atoms with Crippen molar-refractivity contribution in [3.63, 3.8) is 0 Å². The van der Waals surface area contributed by atoms with E-state index < -0.39 is 22.2 Å². The highest BCUT2D eigenvalue weighted by atomic mass is 16.5. The maximum atomic E-state index is 13.4. The van der Waals surface area contributed by atoms with Gasteiger partial charge in [0.15, 0.2) is 11.1 Å². The van der Waals surface area contributed by atoms with E-state index in [1.807, 2.05) is 12.1 Å². The third-order valence-corrected chi connectivity index (χ3v) is 8.42. The van der Waals surface area contributed by atoms with Crippen molar-refractivity contribution < 1.29 is 19.9 Å². The largest absolute Gasteiger partial charge is 0.714 e. The molecule has 8 nitrogen and oxygen atoms in total. The Kier molecular flexibility index (Phi) is 5.09. The summed E-state index contributed by atoms with van der Waals surface area (Å²) in [5.74, 6) is 0.0193. The van der Waals surface area contributed by atoms with E-state index in [2.05, 4.69) is 0 Å². The van der Waals surface area contributed by atoms with Gasteiger partial charge in [0.2, 0.25) is 0 Å².